The molecule has 8 heteroatoms. The van der Waals surface area contributed by atoms with Crippen molar-refractivity contribution in [3.8, 4) is 11.5 Å². The van der Waals surface area contributed by atoms with Crippen LogP contribution in [-0.4, -0.2) is 44.8 Å². The summed E-state index contributed by atoms with van der Waals surface area (Å²) in [5, 5.41) is 11.1. The van der Waals surface area contributed by atoms with E-state index in [-0.39, 0.29) is 23.0 Å². The number of hydrogen-bond donors (Lipinski definition) is 0. The Bertz CT molecular complexity index is 823. The third kappa shape index (κ3) is 4.05. The average molecular weight is 375 g/mol. The SMILES string of the molecule is CCOc1cc(N2CCN(c3ccc(OC)c(F)c3)CC2)ccc1[N+](=O)[O-]. The van der Waals surface area contributed by atoms with E-state index in [0.717, 1.165) is 24.5 Å². The average Bonchev–Trinajstić information content (AvgIpc) is 2.68. The Morgan fingerprint density at radius 1 is 1.04 bits per heavy atom. The number of anilines is 2. The molecule has 3 rings (SSSR count). The van der Waals surface area contributed by atoms with Gasteiger partial charge in [-0.05, 0) is 25.1 Å². The second-order valence-corrected chi connectivity index (χ2v) is 6.14. The van der Waals surface area contributed by atoms with Crippen LogP contribution < -0.4 is 19.3 Å². The molecule has 0 radical (unpaired) electrons. The Labute approximate surface area is 157 Å². The number of benzene rings is 2. The quantitative estimate of drug-likeness (QED) is 0.569. The number of nitro benzene ring substituents is 1. The van der Waals surface area contributed by atoms with Crippen LogP contribution in [0.2, 0.25) is 0 Å². The van der Waals surface area contributed by atoms with Crippen LogP contribution in [0.4, 0.5) is 21.5 Å². The van der Waals surface area contributed by atoms with E-state index >= 15 is 0 Å². The van der Waals surface area contributed by atoms with Crippen LogP contribution >= 0.6 is 0 Å². The highest BCUT2D eigenvalue weighted by molar-refractivity contribution is 5.60. The molecule has 0 aliphatic carbocycles. The highest BCUT2D eigenvalue weighted by atomic mass is 19.1. The van der Waals surface area contributed by atoms with Crippen molar-refractivity contribution in [3.63, 3.8) is 0 Å². The Kier molecular flexibility index (Phi) is 5.63. The van der Waals surface area contributed by atoms with Gasteiger partial charge in [-0.15, -0.1) is 0 Å². The fourth-order valence-corrected chi connectivity index (χ4v) is 3.20. The highest BCUT2D eigenvalue weighted by Gasteiger charge is 2.22. The maximum Gasteiger partial charge on any atom is 0.311 e. The third-order valence-corrected chi connectivity index (χ3v) is 4.59. The van der Waals surface area contributed by atoms with Crippen molar-refractivity contribution >= 4 is 17.1 Å². The lowest BCUT2D eigenvalue weighted by Crippen LogP contribution is -2.46. The van der Waals surface area contributed by atoms with Crippen molar-refractivity contribution in [2.45, 2.75) is 6.92 Å². The van der Waals surface area contributed by atoms with Gasteiger partial charge in [-0.25, -0.2) is 4.39 Å². The summed E-state index contributed by atoms with van der Waals surface area (Å²) in [6.45, 7) is 5.03. The van der Waals surface area contributed by atoms with Gasteiger partial charge >= 0.3 is 5.69 Å². The lowest BCUT2D eigenvalue weighted by atomic mass is 10.2. The minimum Gasteiger partial charge on any atom is -0.494 e. The zero-order chi connectivity index (χ0) is 19.4. The molecular weight excluding hydrogens is 353 g/mol. The number of halogens is 1. The molecule has 0 N–H and O–H groups in total. The molecule has 2 aromatic rings. The Morgan fingerprint density at radius 2 is 1.63 bits per heavy atom. The van der Waals surface area contributed by atoms with E-state index in [1.54, 1.807) is 25.1 Å². The fourth-order valence-electron chi connectivity index (χ4n) is 3.20. The lowest BCUT2D eigenvalue weighted by Gasteiger charge is -2.37. The number of hydrogen-bond acceptors (Lipinski definition) is 6. The molecule has 0 aromatic heterocycles. The van der Waals surface area contributed by atoms with Gasteiger partial charge < -0.3 is 19.3 Å². The number of methoxy groups -OCH3 is 1. The van der Waals surface area contributed by atoms with Crippen LogP contribution in [0.5, 0.6) is 11.5 Å². The maximum absolute atomic E-state index is 13.9. The molecule has 0 atom stereocenters. The lowest BCUT2D eigenvalue weighted by molar-refractivity contribution is -0.385. The van der Waals surface area contributed by atoms with Gasteiger partial charge in [0.2, 0.25) is 0 Å². The minimum atomic E-state index is -0.440. The third-order valence-electron chi connectivity index (χ3n) is 4.59. The molecule has 2 aromatic carbocycles. The smallest absolute Gasteiger partial charge is 0.311 e. The van der Waals surface area contributed by atoms with Crippen LogP contribution in [0.25, 0.3) is 0 Å². The number of ether oxygens (including phenoxy) is 2. The van der Waals surface area contributed by atoms with E-state index in [1.807, 2.05) is 6.07 Å². The summed E-state index contributed by atoms with van der Waals surface area (Å²) in [6.07, 6.45) is 0. The summed E-state index contributed by atoms with van der Waals surface area (Å²) < 4.78 is 24.3. The minimum absolute atomic E-state index is 0.0343. The van der Waals surface area contributed by atoms with Crippen LogP contribution in [0.15, 0.2) is 36.4 Å². The van der Waals surface area contributed by atoms with Gasteiger partial charge in [0.1, 0.15) is 0 Å². The molecule has 0 amide bonds. The summed E-state index contributed by atoms with van der Waals surface area (Å²) in [5.41, 5.74) is 1.66. The molecule has 1 saturated heterocycles. The molecule has 7 nitrogen and oxygen atoms in total. The molecule has 1 aliphatic heterocycles. The summed E-state index contributed by atoms with van der Waals surface area (Å²) >= 11 is 0. The number of nitrogens with zero attached hydrogens (tertiary/aromatic N) is 3. The normalized spacial score (nSPS) is 14.2. The number of piperazine rings is 1. The van der Waals surface area contributed by atoms with Gasteiger partial charge in [-0.3, -0.25) is 10.1 Å². The monoisotopic (exact) mass is 375 g/mol. The van der Waals surface area contributed by atoms with Crippen LogP contribution in [0, 0.1) is 15.9 Å². The van der Waals surface area contributed by atoms with Crippen molar-refractivity contribution in [2.24, 2.45) is 0 Å². The van der Waals surface area contributed by atoms with Crippen molar-refractivity contribution < 1.29 is 18.8 Å². The van der Waals surface area contributed by atoms with Crippen LogP contribution in [-0.2, 0) is 0 Å². The van der Waals surface area contributed by atoms with Gasteiger partial charge in [0.05, 0.1) is 18.6 Å². The van der Waals surface area contributed by atoms with E-state index in [0.29, 0.717) is 19.7 Å². The Balaban J connectivity index is 1.71. The first-order valence-corrected chi connectivity index (χ1v) is 8.78. The second-order valence-electron chi connectivity index (χ2n) is 6.14. The number of rotatable bonds is 6. The fraction of sp³-hybridized carbons (Fsp3) is 0.368. The van der Waals surface area contributed by atoms with E-state index in [2.05, 4.69) is 9.80 Å². The number of nitro groups is 1. The molecule has 1 heterocycles. The van der Waals surface area contributed by atoms with Crippen LogP contribution in [0.1, 0.15) is 6.92 Å². The summed E-state index contributed by atoms with van der Waals surface area (Å²) in [6, 6.07) is 9.88. The molecule has 1 fully saturated rings. The molecular formula is C19H22FN3O4. The predicted octanol–water partition coefficient (Wildman–Crippen LogP) is 3.47. The van der Waals surface area contributed by atoms with Gasteiger partial charge in [0.25, 0.3) is 0 Å². The Morgan fingerprint density at radius 3 is 2.15 bits per heavy atom. The highest BCUT2D eigenvalue weighted by Crippen LogP contribution is 2.32. The molecule has 0 saturated carbocycles. The van der Waals surface area contributed by atoms with E-state index in [1.165, 1.54) is 19.2 Å². The zero-order valence-electron chi connectivity index (χ0n) is 15.4. The van der Waals surface area contributed by atoms with Crippen molar-refractivity contribution in [1.29, 1.82) is 0 Å². The van der Waals surface area contributed by atoms with E-state index in [4.69, 9.17) is 9.47 Å². The summed E-state index contributed by atoms with van der Waals surface area (Å²) in [7, 11) is 1.44. The van der Waals surface area contributed by atoms with E-state index in [9.17, 15) is 14.5 Å². The second kappa shape index (κ2) is 8.11. The first-order valence-electron chi connectivity index (χ1n) is 8.78. The molecule has 144 valence electrons. The molecule has 0 unspecified atom stereocenters. The van der Waals surface area contributed by atoms with Gasteiger partial charge in [-0.2, -0.15) is 0 Å². The largest absolute Gasteiger partial charge is 0.494 e. The first-order chi connectivity index (χ1) is 13.0. The topological polar surface area (TPSA) is 68.1 Å². The maximum atomic E-state index is 13.9. The first kappa shape index (κ1) is 18.8. The molecule has 1 aliphatic rings. The molecule has 0 spiro atoms. The molecule has 0 bridgehead atoms. The van der Waals surface area contributed by atoms with Gasteiger partial charge in [0.15, 0.2) is 17.3 Å². The van der Waals surface area contributed by atoms with Gasteiger partial charge in [-0.1, -0.05) is 0 Å². The van der Waals surface area contributed by atoms with Gasteiger partial charge in [0, 0.05) is 55.8 Å². The summed E-state index contributed by atoms with van der Waals surface area (Å²) in [4.78, 5) is 14.9. The zero-order valence-corrected chi connectivity index (χ0v) is 15.4. The standard InChI is InChI=1S/C19H22FN3O4/c1-3-27-19-13-15(4-6-17(19)23(24)25)22-10-8-21(9-11-22)14-5-7-18(26-2)16(20)12-14/h4-7,12-13H,3,8-11H2,1-2H3. The van der Waals surface area contributed by atoms with Crippen molar-refractivity contribution in [3.05, 3.63) is 52.3 Å². The summed E-state index contributed by atoms with van der Waals surface area (Å²) in [5.74, 6) is 0.125. The predicted molar refractivity (Wildman–Crippen MR) is 102 cm³/mol. The molecule has 27 heavy (non-hydrogen) atoms. The Hall–Kier alpha value is -3.03. The van der Waals surface area contributed by atoms with E-state index < -0.39 is 4.92 Å². The van der Waals surface area contributed by atoms with Crippen molar-refractivity contribution in [1.82, 2.24) is 0 Å². The van der Waals surface area contributed by atoms with Crippen molar-refractivity contribution in [2.75, 3.05) is 49.7 Å². The van der Waals surface area contributed by atoms with Crippen LogP contribution in [0.3, 0.4) is 0 Å².